The number of nitrogens with one attached hydrogen (secondary N) is 1. The molecule has 0 fully saturated rings. The molecule has 0 amide bonds. The molecular formula is C14H18N4O2S. The zero-order valence-electron chi connectivity index (χ0n) is 12.2. The van der Waals surface area contributed by atoms with Crippen molar-refractivity contribution in [1.29, 1.82) is 0 Å². The zero-order chi connectivity index (χ0) is 15.4. The maximum Gasteiger partial charge on any atom is 0.340 e. The summed E-state index contributed by atoms with van der Waals surface area (Å²) in [5, 5.41) is 4.17. The Balaban J connectivity index is 2.17. The van der Waals surface area contributed by atoms with E-state index in [1.807, 2.05) is 20.0 Å². The fourth-order valence-electron chi connectivity index (χ4n) is 1.79. The summed E-state index contributed by atoms with van der Waals surface area (Å²) in [5.74, 6) is 0.116. The van der Waals surface area contributed by atoms with Crippen LogP contribution in [-0.4, -0.2) is 22.5 Å². The fourth-order valence-corrected chi connectivity index (χ4v) is 2.56. The van der Waals surface area contributed by atoms with Gasteiger partial charge >= 0.3 is 5.97 Å². The molecule has 7 heteroatoms. The fraction of sp³-hybridized carbons (Fsp3) is 0.357. The number of nitrogen functional groups attached to an aromatic ring is 1. The van der Waals surface area contributed by atoms with Gasteiger partial charge in [0, 0.05) is 11.1 Å². The molecule has 0 radical (unpaired) electrons. The van der Waals surface area contributed by atoms with Gasteiger partial charge in [-0.05, 0) is 26.8 Å². The number of anilines is 2. The van der Waals surface area contributed by atoms with E-state index in [1.54, 1.807) is 24.3 Å². The van der Waals surface area contributed by atoms with E-state index in [1.165, 1.54) is 6.20 Å². The van der Waals surface area contributed by atoms with Gasteiger partial charge in [-0.2, -0.15) is 0 Å². The summed E-state index contributed by atoms with van der Waals surface area (Å²) in [6.45, 7) is 6.05. The minimum atomic E-state index is -0.446. The van der Waals surface area contributed by atoms with Crippen LogP contribution in [0.3, 0.4) is 0 Å². The third-order valence-corrected chi connectivity index (χ3v) is 3.90. The van der Waals surface area contributed by atoms with Gasteiger partial charge < -0.3 is 15.8 Å². The number of rotatable bonds is 5. The van der Waals surface area contributed by atoms with E-state index in [0.717, 1.165) is 9.88 Å². The van der Waals surface area contributed by atoms with Crippen molar-refractivity contribution in [2.75, 3.05) is 17.7 Å². The van der Waals surface area contributed by atoms with Gasteiger partial charge in [-0.1, -0.05) is 0 Å². The van der Waals surface area contributed by atoms with E-state index >= 15 is 0 Å². The molecule has 0 saturated heterocycles. The standard InChI is InChI=1S/C14H18N4O2S/c1-4-20-14(19)10-5-12(16-7-11(10)15)18-9(3)13-17-6-8(2)21-13/h5-7,9H,4,15H2,1-3H3,(H,16,18). The van der Waals surface area contributed by atoms with Crippen molar-refractivity contribution in [3.8, 4) is 0 Å². The van der Waals surface area contributed by atoms with Crippen LogP contribution in [0, 0.1) is 6.92 Å². The van der Waals surface area contributed by atoms with E-state index in [0.29, 0.717) is 23.7 Å². The first kappa shape index (κ1) is 15.2. The lowest BCUT2D eigenvalue weighted by Gasteiger charge is -2.13. The van der Waals surface area contributed by atoms with Crippen LogP contribution < -0.4 is 11.1 Å². The number of thiazole rings is 1. The Labute approximate surface area is 127 Å². The number of ether oxygens (including phenoxy) is 1. The second-order valence-corrected chi connectivity index (χ2v) is 5.82. The van der Waals surface area contributed by atoms with Crippen molar-refractivity contribution in [2.45, 2.75) is 26.8 Å². The third-order valence-electron chi connectivity index (χ3n) is 2.80. The summed E-state index contributed by atoms with van der Waals surface area (Å²) in [5.41, 5.74) is 6.38. The number of aryl methyl sites for hydroxylation is 1. The molecule has 3 N–H and O–H groups in total. The second-order valence-electron chi connectivity index (χ2n) is 4.55. The normalized spacial score (nSPS) is 12.0. The first-order valence-corrected chi connectivity index (χ1v) is 7.44. The van der Waals surface area contributed by atoms with Gasteiger partial charge in [0.1, 0.15) is 10.8 Å². The molecule has 6 nitrogen and oxygen atoms in total. The summed E-state index contributed by atoms with van der Waals surface area (Å²) in [7, 11) is 0. The second kappa shape index (κ2) is 6.53. The van der Waals surface area contributed by atoms with E-state index in [9.17, 15) is 4.79 Å². The average Bonchev–Trinajstić information content (AvgIpc) is 2.88. The minimum Gasteiger partial charge on any atom is -0.462 e. The number of pyridine rings is 1. The van der Waals surface area contributed by atoms with Crippen molar-refractivity contribution >= 4 is 28.8 Å². The number of esters is 1. The molecule has 112 valence electrons. The number of aromatic nitrogens is 2. The number of hydrogen-bond donors (Lipinski definition) is 2. The SMILES string of the molecule is CCOC(=O)c1cc(NC(C)c2ncc(C)s2)ncc1N. The summed E-state index contributed by atoms with van der Waals surface area (Å²) >= 11 is 1.62. The highest BCUT2D eigenvalue weighted by Crippen LogP contribution is 2.24. The minimum absolute atomic E-state index is 0.00475. The van der Waals surface area contributed by atoms with E-state index in [2.05, 4.69) is 15.3 Å². The monoisotopic (exact) mass is 306 g/mol. The molecule has 0 aliphatic carbocycles. The molecule has 2 rings (SSSR count). The maximum atomic E-state index is 11.8. The largest absolute Gasteiger partial charge is 0.462 e. The number of nitrogens with two attached hydrogens (primary N) is 1. The molecule has 2 aromatic rings. The lowest BCUT2D eigenvalue weighted by Crippen LogP contribution is -2.12. The van der Waals surface area contributed by atoms with Crippen LogP contribution in [0.4, 0.5) is 11.5 Å². The van der Waals surface area contributed by atoms with Crippen molar-refractivity contribution in [3.63, 3.8) is 0 Å². The smallest absolute Gasteiger partial charge is 0.340 e. The van der Waals surface area contributed by atoms with Crippen molar-refractivity contribution in [2.24, 2.45) is 0 Å². The molecule has 0 aliphatic heterocycles. The van der Waals surface area contributed by atoms with Crippen LogP contribution >= 0.6 is 11.3 Å². The lowest BCUT2D eigenvalue weighted by atomic mass is 10.2. The molecule has 0 bridgehead atoms. The van der Waals surface area contributed by atoms with Gasteiger partial charge in [0.15, 0.2) is 0 Å². The van der Waals surface area contributed by atoms with Crippen LogP contribution in [0.1, 0.15) is 40.1 Å². The third kappa shape index (κ3) is 3.69. The Morgan fingerprint density at radius 2 is 2.24 bits per heavy atom. The van der Waals surface area contributed by atoms with Crippen LogP contribution in [0.5, 0.6) is 0 Å². The highest BCUT2D eigenvalue weighted by molar-refractivity contribution is 7.11. The maximum absolute atomic E-state index is 11.8. The van der Waals surface area contributed by atoms with Gasteiger partial charge in [0.25, 0.3) is 0 Å². The Hall–Kier alpha value is -2.15. The first-order chi connectivity index (χ1) is 10.0. The molecular weight excluding hydrogens is 288 g/mol. The topological polar surface area (TPSA) is 90.1 Å². The molecule has 0 spiro atoms. The zero-order valence-corrected chi connectivity index (χ0v) is 13.0. The van der Waals surface area contributed by atoms with Crippen molar-refractivity contribution in [1.82, 2.24) is 9.97 Å². The highest BCUT2D eigenvalue weighted by Gasteiger charge is 2.15. The van der Waals surface area contributed by atoms with E-state index in [4.69, 9.17) is 10.5 Å². The molecule has 2 aromatic heterocycles. The lowest BCUT2D eigenvalue weighted by molar-refractivity contribution is 0.0527. The van der Waals surface area contributed by atoms with Gasteiger partial charge in [0.2, 0.25) is 0 Å². The molecule has 1 unspecified atom stereocenters. The van der Waals surface area contributed by atoms with Gasteiger partial charge in [-0.25, -0.2) is 14.8 Å². The average molecular weight is 306 g/mol. The summed E-state index contributed by atoms with van der Waals surface area (Å²) in [4.78, 5) is 21.5. The van der Waals surface area contributed by atoms with Crippen LogP contribution in [0.25, 0.3) is 0 Å². The molecule has 0 saturated carbocycles. The van der Waals surface area contributed by atoms with Crippen LogP contribution in [-0.2, 0) is 4.74 Å². The number of carbonyl (C=O) groups excluding carboxylic acids is 1. The Bertz CT molecular complexity index is 642. The quantitative estimate of drug-likeness (QED) is 0.826. The Kier molecular flexibility index (Phi) is 4.74. The number of carbonyl (C=O) groups is 1. The molecule has 1 atom stereocenters. The Morgan fingerprint density at radius 1 is 1.48 bits per heavy atom. The summed E-state index contributed by atoms with van der Waals surface area (Å²) in [6.07, 6.45) is 3.28. The number of hydrogen-bond acceptors (Lipinski definition) is 7. The van der Waals surface area contributed by atoms with Gasteiger partial charge in [-0.3, -0.25) is 0 Å². The highest BCUT2D eigenvalue weighted by atomic mass is 32.1. The predicted molar refractivity (Wildman–Crippen MR) is 83.5 cm³/mol. The van der Waals surface area contributed by atoms with Crippen LogP contribution in [0.15, 0.2) is 18.5 Å². The van der Waals surface area contributed by atoms with Gasteiger partial charge in [-0.15, -0.1) is 11.3 Å². The first-order valence-electron chi connectivity index (χ1n) is 6.62. The molecule has 21 heavy (non-hydrogen) atoms. The predicted octanol–water partition coefficient (Wildman–Crippen LogP) is 2.78. The number of nitrogens with zero attached hydrogens (tertiary/aromatic N) is 2. The molecule has 2 heterocycles. The van der Waals surface area contributed by atoms with Crippen LogP contribution in [0.2, 0.25) is 0 Å². The molecule has 0 aliphatic rings. The summed E-state index contributed by atoms with van der Waals surface area (Å²) < 4.78 is 4.97. The van der Waals surface area contributed by atoms with Gasteiger partial charge in [0.05, 0.1) is 30.1 Å². The van der Waals surface area contributed by atoms with Crippen molar-refractivity contribution < 1.29 is 9.53 Å². The van der Waals surface area contributed by atoms with E-state index < -0.39 is 5.97 Å². The molecule has 0 aromatic carbocycles. The summed E-state index contributed by atoms with van der Waals surface area (Å²) in [6, 6.07) is 1.60. The Morgan fingerprint density at radius 3 is 2.86 bits per heavy atom. The van der Waals surface area contributed by atoms with Crippen molar-refractivity contribution in [3.05, 3.63) is 33.9 Å². The van der Waals surface area contributed by atoms with E-state index in [-0.39, 0.29) is 6.04 Å².